The Labute approximate surface area is 229 Å². The van der Waals surface area contributed by atoms with Crippen LogP contribution in [0.3, 0.4) is 0 Å². The van der Waals surface area contributed by atoms with Crippen LogP contribution in [0.5, 0.6) is 0 Å². The van der Waals surface area contributed by atoms with Crippen molar-refractivity contribution in [1.82, 2.24) is 4.90 Å². The molecule has 1 N–H and O–H groups in total. The van der Waals surface area contributed by atoms with Crippen molar-refractivity contribution in [2.24, 2.45) is 0 Å². The standard InChI is InChI=1S/C28H51INO4P/c1-30(2)24-26-34-35(31,32)33-25-18-16-14-12-10-8-6-4-3-5-7-9-11-13-15-17-19-27-20-22-28(29)23-21-27/h20-23H,3-19,24-26H2,1-2H3,(H,31,32). The van der Waals surface area contributed by atoms with Crippen LogP contribution in [0, 0.1) is 3.57 Å². The second kappa shape index (κ2) is 22.0. The molecule has 0 bridgehead atoms. The Morgan fingerprint density at radius 1 is 0.686 bits per heavy atom. The summed E-state index contributed by atoms with van der Waals surface area (Å²) in [6.07, 6.45) is 22.0. The summed E-state index contributed by atoms with van der Waals surface area (Å²) in [5, 5.41) is 0. The minimum absolute atomic E-state index is 0.204. The molecule has 0 radical (unpaired) electrons. The largest absolute Gasteiger partial charge is 0.472 e. The number of rotatable bonds is 24. The van der Waals surface area contributed by atoms with Gasteiger partial charge in [-0.3, -0.25) is 9.05 Å². The summed E-state index contributed by atoms with van der Waals surface area (Å²) in [6.45, 7) is 1.10. The number of likely N-dealkylation sites (N-methyl/N-ethyl adjacent to an activating group) is 1. The van der Waals surface area contributed by atoms with Crippen LogP contribution in [0.25, 0.3) is 0 Å². The van der Waals surface area contributed by atoms with Crippen LogP contribution in [0.4, 0.5) is 0 Å². The lowest BCUT2D eigenvalue weighted by molar-refractivity contribution is 0.138. The Hall–Kier alpha value is 0.0200. The molecule has 0 amide bonds. The molecule has 0 saturated carbocycles. The monoisotopic (exact) mass is 623 g/mol. The van der Waals surface area contributed by atoms with E-state index in [4.69, 9.17) is 9.05 Å². The van der Waals surface area contributed by atoms with Gasteiger partial charge in [-0.15, -0.1) is 0 Å². The molecule has 0 aliphatic rings. The summed E-state index contributed by atoms with van der Waals surface area (Å²) in [6, 6.07) is 8.95. The Kier molecular flexibility index (Phi) is 20.8. The van der Waals surface area contributed by atoms with Gasteiger partial charge in [0.1, 0.15) is 0 Å². The number of halogens is 1. The van der Waals surface area contributed by atoms with Gasteiger partial charge >= 0.3 is 7.82 Å². The van der Waals surface area contributed by atoms with Crippen LogP contribution in [-0.4, -0.2) is 43.6 Å². The molecule has 1 aromatic rings. The predicted molar refractivity (Wildman–Crippen MR) is 157 cm³/mol. The molecule has 0 heterocycles. The molecule has 0 aromatic heterocycles. The van der Waals surface area contributed by atoms with E-state index in [1.165, 1.54) is 105 Å². The lowest BCUT2D eigenvalue weighted by atomic mass is 10.0. The van der Waals surface area contributed by atoms with Crippen molar-refractivity contribution < 1.29 is 18.5 Å². The van der Waals surface area contributed by atoms with Crippen molar-refractivity contribution in [3.8, 4) is 0 Å². The first-order valence-corrected chi connectivity index (χ1v) is 16.5. The first-order valence-electron chi connectivity index (χ1n) is 13.9. The van der Waals surface area contributed by atoms with Gasteiger partial charge in [0.2, 0.25) is 0 Å². The molecule has 1 unspecified atom stereocenters. The smallest absolute Gasteiger partial charge is 0.307 e. The van der Waals surface area contributed by atoms with Crippen LogP contribution in [0.15, 0.2) is 24.3 Å². The maximum absolute atomic E-state index is 11.7. The molecule has 0 spiro atoms. The first kappa shape index (κ1) is 33.0. The van der Waals surface area contributed by atoms with E-state index in [1.54, 1.807) is 0 Å². The Balaban J connectivity index is 1.75. The Bertz CT molecular complexity index is 657. The fourth-order valence-corrected chi connectivity index (χ4v) is 5.22. The molecular formula is C28H51INO4P. The number of phosphoric acid groups is 1. The SMILES string of the molecule is CN(C)CCOP(=O)(O)OCCCCCCCCCCCCCCCCCCc1ccc(I)cc1. The quantitative estimate of drug-likeness (QED) is 0.0709. The molecule has 1 aromatic carbocycles. The highest BCUT2D eigenvalue weighted by molar-refractivity contribution is 14.1. The van der Waals surface area contributed by atoms with Gasteiger partial charge in [-0.05, 0) is 73.6 Å². The van der Waals surface area contributed by atoms with E-state index in [1.807, 2.05) is 19.0 Å². The second-order valence-corrected chi connectivity index (χ2v) is 12.7. The minimum atomic E-state index is -3.88. The summed E-state index contributed by atoms with van der Waals surface area (Å²) in [5.41, 5.74) is 1.48. The van der Waals surface area contributed by atoms with Crippen LogP contribution < -0.4 is 0 Å². The number of phosphoric ester groups is 1. The summed E-state index contributed by atoms with van der Waals surface area (Å²) < 4.78 is 23.0. The molecular weight excluding hydrogens is 572 g/mol. The predicted octanol–water partition coefficient (Wildman–Crippen LogP) is 8.77. The van der Waals surface area contributed by atoms with Crippen molar-refractivity contribution in [2.45, 2.75) is 109 Å². The zero-order valence-electron chi connectivity index (χ0n) is 22.4. The highest BCUT2D eigenvalue weighted by atomic mass is 127. The molecule has 0 saturated heterocycles. The fraction of sp³-hybridized carbons (Fsp3) is 0.786. The first-order chi connectivity index (χ1) is 16.9. The minimum Gasteiger partial charge on any atom is -0.307 e. The number of nitrogens with zero attached hydrogens (tertiary/aromatic N) is 1. The maximum atomic E-state index is 11.7. The maximum Gasteiger partial charge on any atom is 0.472 e. The number of unbranched alkanes of at least 4 members (excludes halogenated alkanes) is 15. The molecule has 0 aliphatic carbocycles. The van der Waals surface area contributed by atoms with Crippen molar-refractivity contribution in [2.75, 3.05) is 33.9 Å². The van der Waals surface area contributed by atoms with Gasteiger partial charge in [0, 0.05) is 10.1 Å². The molecule has 1 atom stereocenters. The van der Waals surface area contributed by atoms with Gasteiger partial charge in [0.15, 0.2) is 0 Å². The van der Waals surface area contributed by atoms with Gasteiger partial charge < -0.3 is 9.79 Å². The molecule has 35 heavy (non-hydrogen) atoms. The van der Waals surface area contributed by atoms with Gasteiger partial charge in [-0.1, -0.05) is 102 Å². The topological polar surface area (TPSA) is 59.0 Å². The highest BCUT2D eigenvalue weighted by Gasteiger charge is 2.20. The van der Waals surface area contributed by atoms with Crippen molar-refractivity contribution in [3.05, 3.63) is 33.4 Å². The van der Waals surface area contributed by atoms with E-state index >= 15 is 0 Å². The molecule has 0 fully saturated rings. The molecule has 1 rings (SSSR count). The molecule has 7 heteroatoms. The van der Waals surface area contributed by atoms with Gasteiger partial charge in [-0.2, -0.15) is 0 Å². The fourth-order valence-electron chi connectivity index (χ4n) is 4.11. The highest BCUT2D eigenvalue weighted by Crippen LogP contribution is 2.43. The summed E-state index contributed by atoms with van der Waals surface area (Å²) >= 11 is 2.37. The van der Waals surface area contributed by atoms with E-state index < -0.39 is 7.82 Å². The number of hydrogen-bond donors (Lipinski definition) is 1. The van der Waals surface area contributed by atoms with Crippen LogP contribution >= 0.6 is 30.4 Å². The zero-order valence-corrected chi connectivity index (χ0v) is 25.4. The molecule has 204 valence electrons. The molecule has 5 nitrogen and oxygen atoms in total. The third-order valence-electron chi connectivity index (χ3n) is 6.32. The third kappa shape index (κ3) is 21.8. The van der Waals surface area contributed by atoms with E-state index in [0.29, 0.717) is 13.2 Å². The van der Waals surface area contributed by atoms with Crippen LogP contribution in [0.1, 0.15) is 108 Å². The van der Waals surface area contributed by atoms with Gasteiger partial charge in [-0.25, -0.2) is 4.57 Å². The Morgan fingerprint density at radius 3 is 1.54 bits per heavy atom. The normalized spacial score (nSPS) is 13.4. The number of hydrogen-bond acceptors (Lipinski definition) is 4. The number of benzene rings is 1. The van der Waals surface area contributed by atoms with Crippen molar-refractivity contribution in [1.29, 1.82) is 0 Å². The van der Waals surface area contributed by atoms with Gasteiger partial charge in [0.05, 0.1) is 13.2 Å². The zero-order chi connectivity index (χ0) is 25.6. The van der Waals surface area contributed by atoms with Crippen molar-refractivity contribution >= 4 is 30.4 Å². The van der Waals surface area contributed by atoms with E-state index in [9.17, 15) is 9.46 Å². The lowest BCUT2D eigenvalue weighted by Crippen LogP contribution is -2.17. The summed E-state index contributed by atoms with van der Waals surface area (Å²) in [7, 11) is -0.0921. The van der Waals surface area contributed by atoms with Crippen LogP contribution in [-0.2, 0) is 20.0 Å². The summed E-state index contributed by atoms with van der Waals surface area (Å²) in [5.74, 6) is 0. The number of aryl methyl sites for hydroxylation is 1. The van der Waals surface area contributed by atoms with Gasteiger partial charge in [0.25, 0.3) is 0 Å². The van der Waals surface area contributed by atoms with E-state index in [-0.39, 0.29) is 6.61 Å². The van der Waals surface area contributed by atoms with Crippen LogP contribution in [0.2, 0.25) is 0 Å². The van der Waals surface area contributed by atoms with Crippen molar-refractivity contribution in [3.63, 3.8) is 0 Å². The summed E-state index contributed by atoms with van der Waals surface area (Å²) in [4.78, 5) is 11.5. The lowest BCUT2D eigenvalue weighted by Gasteiger charge is -2.14. The second-order valence-electron chi connectivity index (χ2n) is 9.97. The van der Waals surface area contributed by atoms with E-state index in [2.05, 4.69) is 46.9 Å². The molecule has 0 aliphatic heterocycles. The average molecular weight is 624 g/mol. The van der Waals surface area contributed by atoms with E-state index in [0.717, 1.165) is 12.8 Å². The average Bonchev–Trinajstić information content (AvgIpc) is 2.81. The third-order valence-corrected chi connectivity index (χ3v) is 8.06. The Morgan fingerprint density at radius 2 is 1.09 bits per heavy atom.